The summed E-state index contributed by atoms with van der Waals surface area (Å²) in [5.41, 5.74) is 4.49. The van der Waals surface area contributed by atoms with Gasteiger partial charge >= 0.3 is 5.97 Å². The summed E-state index contributed by atoms with van der Waals surface area (Å²) in [4.78, 5) is 39.9. The number of tetrazole rings is 1. The molecule has 5 rings (SSSR count). The van der Waals surface area contributed by atoms with Crippen molar-refractivity contribution >= 4 is 41.1 Å². The molecule has 1 aliphatic rings. The number of anilines is 1. The van der Waals surface area contributed by atoms with Crippen molar-refractivity contribution in [1.82, 2.24) is 25.1 Å². The first-order valence-corrected chi connectivity index (χ1v) is 12.4. The highest BCUT2D eigenvalue weighted by molar-refractivity contribution is 6.30. The number of carbonyl (C=O) groups is 3. The average Bonchev–Trinajstić information content (AvgIpc) is 3.46. The molecule has 1 atom stereocenters. The molecule has 39 heavy (non-hydrogen) atoms. The van der Waals surface area contributed by atoms with Crippen molar-refractivity contribution in [3.05, 3.63) is 106 Å². The fourth-order valence-corrected chi connectivity index (χ4v) is 4.74. The van der Waals surface area contributed by atoms with Crippen LogP contribution >= 0.6 is 11.6 Å². The summed E-state index contributed by atoms with van der Waals surface area (Å²) in [7, 11) is 0. The third-order valence-electron chi connectivity index (χ3n) is 6.45. The van der Waals surface area contributed by atoms with Crippen molar-refractivity contribution in [2.75, 3.05) is 11.9 Å². The molecule has 11 heteroatoms. The number of carboxylic acids is 1. The Hall–Kier alpha value is -4.83. The van der Waals surface area contributed by atoms with E-state index in [0.29, 0.717) is 34.9 Å². The largest absolute Gasteiger partial charge is 0.478 e. The summed E-state index contributed by atoms with van der Waals surface area (Å²) < 4.78 is 1.46. The van der Waals surface area contributed by atoms with Crippen LogP contribution in [0.2, 0.25) is 5.02 Å². The second-order valence-corrected chi connectivity index (χ2v) is 9.49. The highest BCUT2D eigenvalue weighted by atomic mass is 35.5. The smallest absolute Gasteiger partial charge is 0.335 e. The average molecular weight is 543 g/mol. The summed E-state index contributed by atoms with van der Waals surface area (Å²) in [6.45, 7) is 2.27. The van der Waals surface area contributed by atoms with E-state index in [1.165, 1.54) is 46.3 Å². The quantitative estimate of drug-likeness (QED) is 0.351. The number of nitrogens with zero attached hydrogens (tertiary/aromatic N) is 5. The van der Waals surface area contributed by atoms with Crippen LogP contribution in [0.1, 0.15) is 38.7 Å². The normalized spacial score (nSPS) is 14.7. The van der Waals surface area contributed by atoms with E-state index in [2.05, 4.69) is 20.8 Å². The van der Waals surface area contributed by atoms with Gasteiger partial charge in [-0.2, -0.15) is 4.68 Å². The van der Waals surface area contributed by atoms with E-state index in [-0.39, 0.29) is 11.5 Å². The Kier molecular flexibility index (Phi) is 7.20. The minimum Gasteiger partial charge on any atom is -0.478 e. The van der Waals surface area contributed by atoms with Crippen molar-refractivity contribution in [3.8, 4) is 5.69 Å². The van der Waals surface area contributed by atoms with E-state index >= 15 is 0 Å². The molecule has 0 radical (unpaired) electrons. The number of aryl methyl sites for hydroxylation is 1. The Balaban J connectivity index is 1.45. The number of aromatic carboxylic acids is 1. The number of hydrogen-bond acceptors (Lipinski definition) is 6. The number of carbonyl (C=O) groups excluding carboxylic acids is 2. The molecule has 2 heterocycles. The fourth-order valence-electron chi connectivity index (χ4n) is 4.56. The zero-order chi connectivity index (χ0) is 27.5. The van der Waals surface area contributed by atoms with Gasteiger partial charge in [0.25, 0.3) is 5.91 Å². The third-order valence-corrected chi connectivity index (χ3v) is 6.69. The number of hydrogen-bond donors (Lipinski definition) is 2. The summed E-state index contributed by atoms with van der Waals surface area (Å²) in [6.07, 6.45) is 5.06. The highest BCUT2D eigenvalue weighted by Gasteiger charge is 2.35. The number of halogens is 1. The zero-order valence-electron chi connectivity index (χ0n) is 20.8. The van der Waals surface area contributed by atoms with E-state index in [9.17, 15) is 14.4 Å². The molecule has 10 nitrogen and oxygen atoms in total. The lowest BCUT2D eigenvalue weighted by molar-refractivity contribution is -0.135. The van der Waals surface area contributed by atoms with Crippen LogP contribution in [0, 0.1) is 6.92 Å². The number of aromatic nitrogens is 4. The van der Waals surface area contributed by atoms with Gasteiger partial charge in [-0.3, -0.25) is 9.59 Å². The van der Waals surface area contributed by atoms with Gasteiger partial charge in [-0.1, -0.05) is 35.4 Å². The molecule has 3 aromatic carbocycles. The number of rotatable bonds is 6. The summed E-state index contributed by atoms with van der Waals surface area (Å²) in [6, 6.07) is 16.0. The van der Waals surface area contributed by atoms with Crippen molar-refractivity contribution in [2.24, 2.45) is 0 Å². The predicted molar refractivity (Wildman–Crippen MR) is 145 cm³/mol. The molecule has 0 saturated heterocycles. The molecule has 1 unspecified atom stereocenters. The van der Waals surface area contributed by atoms with Crippen LogP contribution in [0.5, 0.6) is 0 Å². The SMILES string of the molecule is Cc1ccc2c(c1)C(C(=O)Nc1ccc(C(=O)O)cc1)N(C(=O)/C=C/c1cc(Cl)ccc1-n1cnnn1)CC2. The second-order valence-electron chi connectivity index (χ2n) is 9.05. The molecule has 1 aliphatic heterocycles. The molecule has 196 valence electrons. The van der Waals surface area contributed by atoms with Crippen molar-refractivity contribution < 1.29 is 19.5 Å². The number of amides is 2. The lowest BCUT2D eigenvalue weighted by Gasteiger charge is -2.36. The van der Waals surface area contributed by atoms with Gasteiger partial charge in [0.1, 0.15) is 12.4 Å². The van der Waals surface area contributed by atoms with Gasteiger partial charge in [0.05, 0.1) is 11.3 Å². The van der Waals surface area contributed by atoms with Crippen LogP contribution in [0.25, 0.3) is 11.8 Å². The molecule has 0 fully saturated rings. The highest BCUT2D eigenvalue weighted by Crippen LogP contribution is 2.32. The molecule has 2 N–H and O–H groups in total. The van der Waals surface area contributed by atoms with Crippen molar-refractivity contribution in [2.45, 2.75) is 19.4 Å². The van der Waals surface area contributed by atoms with Crippen LogP contribution < -0.4 is 5.32 Å². The molecule has 0 bridgehead atoms. The van der Waals surface area contributed by atoms with Gasteiger partial charge in [0.15, 0.2) is 0 Å². The van der Waals surface area contributed by atoms with E-state index in [4.69, 9.17) is 16.7 Å². The van der Waals surface area contributed by atoms with Gasteiger partial charge in [0, 0.05) is 28.9 Å². The van der Waals surface area contributed by atoms with Crippen LogP contribution in [0.3, 0.4) is 0 Å². The topological polar surface area (TPSA) is 130 Å². The van der Waals surface area contributed by atoms with Gasteiger partial charge in [-0.15, -0.1) is 5.10 Å². The van der Waals surface area contributed by atoms with Crippen LogP contribution in [-0.2, 0) is 16.0 Å². The maximum atomic E-state index is 13.6. The molecule has 0 saturated carbocycles. The summed E-state index contributed by atoms with van der Waals surface area (Å²) in [5, 5.41) is 23.7. The molecular formula is C28H23ClN6O4. The molecule has 0 aliphatic carbocycles. The molecule has 0 spiro atoms. The fraction of sp³-hybridized carbons (Fsp3) is 0.143. The lowest BCUT2D eigenvalue weighted by atomic mass is 9.90. The summed E-state index contributed by atoms with van der Waals surface area (Å²) >= 11 is 6.21. The Bertz CT molecular complexity index is 1580. The molecule has 1 aromatic heterocycles. The van der Waals surface area contributed by atoms with E-state index in [0.717, 1.165) is 16.7 Å². The first-order chi connectivity index (χ1) is 18.8. The lowest BCUT2D eigenvalue weighted by Crippen LogP contribution is -2.44. The second kappa shape index (κ2) is 10.9. The monoisotopic (exact) mass is 542 g/mol. The van der Waals surface area contributed by atoms with Crippen LogP contribution in [0.4, 0.5) is 5.69 Å². The Morgan fingerprint density at radius 3 is 2.59 bits per heavy atom. The minimum absolute atomic E-state index is 0.107. The number of fused-ring (bicyclic) bond motifs is 1. The van der Waals surface area contributed by atoms with Crippen LogP contribution in [-0.4, -0.2) is 54.5 Å². The zero-order valence-corrected chi connectivity index (χ0v) is 21.5. The Morgan fingerprint density at radius 1 is 1.08 bits per heavy atom. The molecule has 2 amide bonds. The standard InChI is InChI=1S/C28H23ClN6O4/c1-17-2-3-18-12-13-34(25(36)11-6-20-15-21(29)7-10-24(20)35-16-30-32-33-35)26(23(18)14-17)27(37)31-22-8-4-19(5-9-22)28(38)39/h2-11,14-16,26H,12-13H2,1H3,(H,31,37)(H,38,39)/b11-6+. The van der Waals surface area contributed by atoms with Crippen molar-refractivity contribution in [1.29, 1.82) is 0 Å². The maximum absolute atomic E-state index is 13.6. The van der Waals surface area contributed by atoms with E-state index in [1.807, 2.05) is 25.1 Å². The Morgan fingerprint density at radius 2 is 1.87 bits per heavy atom. The first kappa shape index (κ1) is 25.8. The van der Waals surface area contributed by atoms with Crippen molar-refractivity contribution in [3.63, 3.8) is 0 Å². The predicted octanol–water partition coefficient (Wildman–Crippen LogP) is 4.10. The summed E-state index contributed by atoms with van der Waals surface area (Å²) in [5.74, 6) is -1.81. The van der Waals surface area contributed by atoms with E-state index in [1.54, 1.807) is 24.3 Å². The van der Waals surface area contributed by atoms with Gasteiger partial charge in [0.2, 0.25) is 5.91 Å². The van der Waals surface area contributed by atoms with E-state index < -0.39 is 17.9 Å². The number of benzene rings is 3. The minimum atomic E-state index is -1.06. The van der Waals surface area contributed by atoms with Crippen LogP contribution in [0.15, 0.2) is 73.1 Å². The van der Waals surface area contributed by atoms with Gasteiger partial charge < -0.3 is 15.3 Å². The van der Waals surface area contributed by atoms with Gasteiger partial charge in [-0.25, -0.2) is 4.79 Å². The maximum Gasteiger partial charge on any atom is 0.335 e. The molecular weight excluding hydrogens is 520 g/mol. The molecule has 4 aromatic rings. The Labute approximate surface area is 228 Å². The number of carboxylic acid groups (broad SMARTS) is 1. The first-order valence-electron chi connectivity index (χ1n) is 12.1. The number of nitrogens with one attached hydrogen (secondary N) is 1. The third kappa shape index (κ3) is 5.55. The van der Waals surface area contributed by atoms with Gasteiger partial charge in [-0.05, 0) is 83.4 Å².